The van der Waals surface area contributed by atoms with Crippen LogP contribution < -0.4 is 0 Å². The fourth-order valence-electron chi connectivity index (χ4n) is 1.46. The van der Waals surface area contributed by atoms with Crippen molar-refractivity contribution in [3.05, 3.63) is 12.2 Å². The summed E-state index contributed by atoms with van der Waals surface area (Å²) in [6, 6.07) is 0. The lowest BCUT2D eigenvalue weighted by molar-refractivity contribution is -0.253. The van der Waals surface area contributed by atoms with E-state index in [9.17, 15) is 27.9 Å². The van der Waals surface area contributed by atoms with Gasteiger partial charge in [-0.15, -0.1) is 0 Å². The van der Waals surface area contributed by atoms with Crippen LogP contribution in [0.3, 0.4) is 0 Å². The number of carbonyl (C=O) groups excluding carboxylic acids is 1. The maximum atomic E-state index is 12.4. The van der Waals surface area contributed by atoms with Gasteiger partial charge in [0.2, 0.25) is 5.91 Å². The third kappa shape index (κ3) is 2.96. The average Bonchev–Trinajstić information content (AvgIpc) is 2.57. The molecule has 0 aromatic heterocycles. The molecule has 1 heterocycles. The quantitative estimate of drug-likeness (QED) is 0.687. The second-order valence-corrected chi connectivity index (χ2v) is 3.71. The number of β-amino-alcohol motifs (C(OH)–C–C–N with tert-alkyl or cyclic N) is 1. The van der Waals surface area contributed by atoms with E-state index in [1.165, 1.54) is 0 Å². The van der Waals surface area contributed by atoms with Crippen LogP contribution in [0.25, 0.3) is 0 Å². The van der Waals surface area contributed by atoms with E-state index in [1.807, 2.05) is 0 Å². The molecular weight excluding hydrogens is 243 g/mol. The van der Waals surface area contributed by atoms with Crippen molar-refractivity contribution < 1.29 is 33.0 Å². The molecule has 96 valence electrons. The van der Waals surface area contributed by atoms with Gasteiger partial charge in [-0.05, 0) is 0 Å². The minimum atomic E-state index is -4.81. The highest BCUT2D eigenvalue weighted by Gasteiger charge is 2.57. The lowest BCUT2D eigenvalue weighted by Gasteiger charge is -2.25. The van der Waals surface area contributed by atoms with Crippen LogP contribution in [-0.2, 0) is 9.59 Å². The summed E-state index contributed by atoms with van der Waals surface area (Å²) in [6.07, 6.45) is -4.22. The van der Waals surface area contributed by atoms with Crippen LogP contribution in [0, 0.1) is 0 Å². The molecule has 0 aromatic carbocycles. The number of carbonyl (C=O) groups is 2. The molecule has 17 heavy (non-hydrogen) atoms. The second-order valence-electron chi connectivity index (χ2n) is 3.71. The molecule has 0 radical (unpaired) electrons. The van der Waals surface area contributed by atoms with Gasteiger partial charge in [0.25, 0.3) is 0 Å². The van der Waals surface area contributed by atoms with Crippen molar-refractivity contribution in [3.8, 4) is 0 Å². The number of likely N-dealkylation sites (tertiary alicyclic amines) is 1. The van der Waals surface area contributed by atoms with Gasteiger partial charge in [0, 0.05) is 25.1 Å². The Morgan fingerprint density at radius 2 is 1.88 bits per heavy atom. The van der Waals surface area contributed by atoms with Crippen molar-refractivity contribution in [2.75, 3.05) is 13.1 Å². The topological polar surface area (TPSA) is 77.8 Å². The van der Waals surface area contributed by atoms with E-state index >= 15 is 0 Å². The zero-order chi connectivity index (χ0) is 13.3. The molecule has 0 aliphatic carbocycles. The van der Waals surface area contributed by atoms with E-state index in [0.717, 1.165) is 4.90 Å². The first kappa shape index (κ1) is 13.5. The zero-order valence-electron chi connectivity index (χ0n) is 8.57. The molecular formula is C9H10F3NO4. The Labute approximate surface area is 94.1 Å². The molecule has 1 atom stereocenters. The number of carboxylic acids is 1. The van der Waals surface area contributed by atoms with E-state index in [4.69, 9.17) is 5.11 Å². The maximum absolute atomic E-state index is 12.4. The summed E-state index contributed by atoms with van der Waals surface area (Å²) in [5.41, 5.74) is -2.90. The lowest BCUT2D eigenvalue weighted by Crippen LogP contribution is -2.47. The van der Waals surface area contributed by atoms with Crippen LogP contribution in [0.5, 0.6) is 0 Å². The highest BCUT2D eigenvalue weighted by Crippen LogP contribution is 2.37. The molecule has 1 aliphatic heterocycles. The second kappa shape index (κ2) is 4.36. The third-order valence-electron chi connectivity index (χ3n) is 2.46. The molecule has 1 saturated heterocycles. The van der Waals surface area contributed by atoms with Gasteiger partial charge in [-0.1, -0.05) is 0 Å². The maximum Gasteiger partial charge on any atom is 0.419 e. The number of halogens is 3. The van der Waals surface area contributed by atoms with Gasteiger partial charge in [-0.2, -0.15) is 13.2 Å². The van der Waals surface area contributed by atoms with Gasteiger partial charge in [-0.25, -0.2) is 4.79 Å². The minimum Gasteiger partial charge on any atom is -0.478 e. The predicted octanol–water partition coefficient (Wildman–Crippen LogP) is 0.153. The van der Waals surface area contributed by atoms with E-state index in [2.05, 4.69) is 0 Å². The highest BCUT2D eigenvalue weighted by atomic mass is 19.4. The van der Waals surface area contributed by atoms with Gasteiger partial charge in [0.05, 0.1) is 6.54 Å². The SMILES string of the molecule is O=C(O)/C=C/C(=O)N1CCC(O)(C(F)(F)F)C1. The molecule has 0 aromatic rings. The third-order valence-corrected chi connectivity index (χ3v) is 2.46. The first-order valence-electron chi connectivity index (χ1n) is 4.65. The van der Waals surface area contributed by atoms with Crippen LogP contribution in [0.2, 0.25) is 0 Å². The van der Waals surface area contributed by atoms with Crippen molar-refractivity contribution in [2.24, 2.45) is 0 Å². The van der Waals surface area contributed by atoms with Gasteiger partial charge >= 0.3 is 12.1 Å². The summed E-state index contributed by atoms with van der Waals surface area (Å²) < 4.78 is 37.2. The van der Waals surface area contributed by atoms with Crippen LogP contribution in [0.4, 0.5) is 13.2 Å². The van der Waals surface area contributed by atoms with Crippen molar-refractivity contribution in [2.45, 2.75) is 18.2 Å². The molecule has 0 saturated carbocycles. The molecule has 0 spiro atoms. The Balaban J connectivity index is 2.68. The van der Waals surface area contributed by atoms with Gasteiger partial charge < -0.3 is 15.1 Å². The monoisotopic (exact) mass is 253 g/mol. The number of hydrogen-bond acceptors (Lipinski definition) is 3. The number of amides is 1. The lowest BCUT2D eigenvalue weighted by atomic mass is 10.0. The zero-order valence-corrected chi connectivity index (χ0v) is 8.57. The van der Waals surface area contributed by atoms with Crippen molar-refractivity contribution in [1.82, 2.24) is 4.90 Å². The molecule has 1 amide bonds. The summed E-state index contributed by atoms with van der Waals surface area (Å²) in [5, 5.41) is 17.5. The van der Waals surface area contributed by atoms with E-state index in [0.29, 0.717) is 12.2 Å². The fraction of sp³-hybridized carbons (Fsp3) is 0.556. The molecule has 1 aliphatic rings. The summed E-state index contributed by atoms with van der Waals surface area (Å²) in [5.74, 6) is -2.24. The van der Waals surface area contributed by atoms with Crippen molar-refractivity contribution in [3.63, 3.8) is 0 Å². The first-order valence-corrected chi connectivity index (χ1v) is 4.65. The largest absolute Gasteiger partial charge is 0.478 e. The number of rotatable bonds is 2. The summed E-state index contributed by atoms with van der Waals surface area (Å²) >= 11 is 0. The number of aliphatic carboxylic acids is 1. The van der Waals surface area contributed by atoms with Gasteiger partial charge in [-0.3, -0.25) is 4.79 Å². The fourth-order valence-corrected chi connectivity index (χ4v) is 1.46. The van der Waals surface area contributed by atoms with Gasteiger partial charge in [0.15, 0.2) is 5.60 Å². The minimum absolute atomic E-state index is 0.265. The number of alkyl halides is 3. The Bertz CT molecular complexity index is 366. The highest BCUT2D eigenvalue weighted by molar-refractivity contribution is 5.94. The van der Waals surface area contributed by atoms with Crippen LogP contribution in [0.15, 0.2) is 12.2 Å². The molecule has 1 fully saturated rings. The first-order chi connectivity index (χ1) is 7.66. The normalized spacial score (nSPS) is 25.5. The van der Waals surface area contributed by atoms with E-state index in [-0.39, 0.29) is 6.54 Å². The Kier molecular flexibility index (Phi) is 3.46. The molecule has 5 nitrogen and oxygen atoms in total. The number of aliphatic hydroxyl groups is 1. The number of hydrogen-bond donors (Lipinski definition) is 2. The molecule has 8 heteroatoms. The Morgan fingerprint density at radius 1 is 1.29 bits per heavy atom. The Hall–Kier alpha value is -1.57. The molecule has 1 unspecified atom stereocenters. The Morgan fingerprint density at radius 3 is 2.29 bits per heavy atom. The van der Waals surface area contributed by atoms with Crippen molar-refractivity contribution in [1.29, 1.82) is 0 Å². The van der Waals surface area contributed by atoms with Gasteiger partial charge in [0.1, 0.15) is 0 Å². The molecule has 2 N–H and O–H groups in total. The van der Waals surface area contributed by atoms with E-state index < -0.39 is 36.6 Å². The predicted molar refractivity (Wildman–Crippen MR) is 49.0 cm³/mol. The number of nitrogens with zero attached hydrogens (tertiary/aromatic N) is 1. The van der Waals surface area contributed by atoms with Crippen LogP contribution >= 0.6 is 0 Å². The molecule has 1 rings (SSSR count). The summed E-state index contributed by atoms with van der Waals surface area (Å²) in [6.45, 7) is -1.14. The standard InChI is InChI=1S/C9H10F3NO4/c10-9(11,12)8(17)3-4-13(5-8)6(14)1-2-7(15)16/h1-2,17H,3-5H2,(H,15,16)/b2-1+. The molecule has 0 bridgehead atoms. The summed E-state index contributed by atoms with van der Waals surface area (Å²) in [4.78, 5) is 22.1. The summed E-state index contributed by atoms with van der Waals surface area (Å²) in [7, 11) is 0. The van der Waals surface area contributed by atoms with Crippen LogP contribution in [-0.4, -0.2) is 51.9 Å². The average molecular weight is 253 g/mol. The number of carboxylic acid groups (broad SMARTS) is 1. The smallest absolute Gasteiger partial charge is 0.419 e. The van der Waals surface area contributed by atoms with Crippen LogP contribution in [0.1, 0.15) is 6.42 Å². The van der Waals surface area contributed by atoms with E-state index in [1.54, 1.807) is 0 Å². The van der Waals surface area contributed by atoms with Crippen molar-refractivity contribution >= 4 is 11.9 Å².